The Hall–Kier alpha value is -3.18. The lowest BCUT2D eigenvalue weighted by molar-refractivity contribution is -0.137. The van der Waals surface area contributed by atoms with Gasteiger partial charge >= 0.3 is 6.18 Å². The quantitative estimate of drug-likeness (QED) is 0.352. The zero-order valence-electron chi connectivity index (χ0n) is 18.9. The molecule has 0 saturated carbocycles. The fraction of sp³-hybridized carbons (Fsp3) is 0.208. The van der Waals surface area contributed by atoms with Crippen LogP contribution in [0.4, 0.5) is 27.6 Å². The summed E-state index contributed by atoms with van der Waals surface area (Å²) in [5.74, 6) is -3.29. The van der Waals surface area contributed by atoms with Crippen LogP contribution in [0.2, 0.25) is 5.02 Å². The lowest BCUT2D eigenvalue weighted by Gasteiger charge is -2.19. The van der Waals surface area contributed by atoms with Gasteiger partial charge < -0.3 is 5.32 Å². The molecule has 0 aliphatic carbocycles. The summed E-state index contributed by atoms with van der Waals surface area (Å²) in [5.41, 5.74) is -0.702. The molecule has 0 saturated heterocycles. The summed E-state index contributed by atoms with van der Waals surface area (Å²) in [4.78, 5) is 12.9. The molecule has 0 aromatic heterocycles. The molecule has 1 atom stereocenters. The number of carbonyl (C=O) groups excluding carboxylic acids is 1. The highest BCUT2D eigenvalue weighted by atomic mass is 35.5. The molecule has 5 nitrogen and oxygen atoms in total. The van der Waals surface area contributed by atoms with Crippen LogP contribution in [0.1, 0.15) is 29.5 Å². The van der Waals surface area contributed by atoms with E-state index in [1.165, 1.54) is 37.3 Å². The van der Waals surface area contributed by atoms with Crippen molar-refractivity contribution in [3.63, 3.8) is 0 Å². The number of halogens is 6. The predicted molar refractivity (Wildman–Crippen MR) is 127 cm³/mol. The third-order valence-electron chi connectivity index (χ3n) is 5.31. The number of hydrogen-bond acceptors (Lipinski definition) is 3. The maximum absolute atomic E-state index is 14.3. The van der Waals surface area contributed by atoms with Gasteiger partial charge in [-0.3, -0.25) is 9.52 Å². The standard InChI is InChI=1S/C24H20ClF5N2O3S/c1-13(17-4-3-5-21(27)22(17)32-36(2,34)35)23(33)31-12-15-6-8-16(24(28,29)30)11-18(15)14-7-9-20(26)19(25)10-14/h3-11,13,32H,12H2,1-2H3,(H,31,33). The first kappa shape index (κ1) is 27.4. The van der Waals surface area contributed by atoms with Crippen molar-refractivity contribution in [1.82, 2.24) is 5.32 Å². The summed E-state index contributed by atoms with van der Waals surface area (Å²) in [6, 6.07) is 10.1. The Kier molecular flexibility index (Phi) is 7.94. The van der Waals surface area contributed by atoms with Gasteiger partial charge in [0.2, 0.25) is 15.9 Å². The normalized spacial score (nSPS) is 12.8. The summed E-state index contributed by atoms with van der Waals surface area (Å²) in [5, 5.41) is 2.29. The average Bonchev–Trinajstić information content (AvgIpc) is 2.78. The Labute approximate surface area is 209 Å². The first-order valence-corrected chi connectivity index (χ1v) is 12.6. The van der Waals surface area contributed by atoms with Gasteiger partial charge in [-0.05, 0) is 59.5 Å². The Balaban J connectivity index is 1.92. The van der Waals surface area contributed by atoms with Gasteiger partial charge in [-0.1, -0.05) is 35.9 Å². The monoisotopic (exact) mass is 546 g/mol. The molecular weight excluding hydrogens is 527 g/mol. The molecule has 0 aliphatic rings. The van der Waals surface area contributed by atoms with Crippen LogP contribution in [-0.4, -0.2) is 20.6 Å². The second-order valence-corrected chi connectivity index (χ2v) is 10.2. The van der Waals surface area contributed by atoms with Gasteiger partial charge in [-0.2, -0.15) is 13.2 Å². The summed E-state index contributed by atoms with van der Waals surface area (Å²) in [7, 11) is -3.85. The second-order valence-electron chi connectivity index (χ2n) is 8.02. The predicted octanol–water partition coefficient (Wildman–Crippen LogP) is 6.10. The van der Waals surface area contributed by atoms with Crippen LogP contribution in [0.5, 0.6) is 0 Å². The van der Waals surface area contributed by atoms with Crippen LogP contribution in [0.3, 0.4) is 0 Å². The SMILES string of the molecule is CC(C(=O)NCc1ccc(C(F)(F)F)cc1-c1ccc(F)c(Cl)c1)c1cccc(F)c1NS(C)(=O)=O. The molecule has 3 aromatic rings. The Bertz CT molecular complexity index is 1410. The van der Waals surface area contributed by atoms with E-state index >= 15 is 0 Å². The van der Waals surface area contributed by atoms with Crippen molar-refractivity contribution in [2.45, 2.75) is 25.6 Å². The summed E-state index contributed by atoms with van der Waals surface area (Å²) in [6.45, 7) is 1.20. The lowest BCUT2D eigenvalue weighted by atomic mass is 9.95. The van der Waals surface area contributed by atoms with E-state index in [0.29, 0.717) is 0 Å². The van der Waals surface area contributed by atoms with Crippen LogP contribution in [0.25, 0.3) is 11.1 Å². The van der Waals surface area contributed by atoms with Gasteiger partial charge in [0, 0.05) is 6.54 Å². The van der Waals surface area contributed by atoms with Crippen molar-refractivity contribution in [2.75, 3.05) is 11.0 Å². The maximum atomic E-state index is 14.3. The molecule has 1 amide bonds. The zero-order chi connectivity index (χ0) is 26.8. The molecule has 0 aliphatic heterocycles. The molecule has 0 heterocycles. The molecule has 36 heavy (non-hydrogen) atoms. The number of hydrogen-bond donors (Lipinski definition) is 2. The van der Waals surface area contributed by atoms with Crippen LogP contribution in [0.15, 0.2) is 54.6 Å². The fourth-order valence-corrected chi connectivity index (χ4v) is 4.28. The molecular formula is C24H20ClF5N2O3S. The van der Waals surface area contributed by atoms with Gasteiger partial charge in [-0.25, -0.2) is 17.2 Å². The van der Waals surface area contributed by atoms with Crippen LogP contribution >= 0.6 is 11.6 Å². The summed E-state index contributed by atoms with van der Waals surface area (Å²) in [6.07, 6.45) is -3.81. The van der Waals surface area contributed by atoms with Crippen LogP contribution < -0.4 is 10.0 Å². The van der Waals surface area contributed by atoms with E-state index in [-0.39, 0.29) is 39.5 Å². The first-order chi connectivity index (χ1) is 16.7. The molecule has 2 N–H and O–H groups in total. The summed E-state index contributed by atoms with van der Waals surface area (Å²) >= 11 is 5.81. The highest BCUT2D eigenvalue weighted by Crippen LogP contribution is 2.35. The average molecular weight is 547 g/mol. The largest absolute Gasteiger partial charge is 0.416 e. The molecule has 0 spiro atoms. The number of alkyl halides is 3. The highest BCUT2D eigenvalue weighted by molar-refractivity contribution is 7.92. The molecule has 3 aromatic carbocycles. The summed E-state index contributed by atoms with van der Waals surface area (Å²) < 4.78 is 93.2. The van der Waals surface area contributed by atoms with Crippen LogP contribution in [0, 0.1) is 11.6 Å². The smallest absolute Gasteiger partial charge is 0.351 e. The lowest BCUT2D eigenvalue weighted by Crippen LogP contribution is -2.28. The number of anilines is 1. The molecule has 3 rings (SSSR count). The van der Waals surface area contributed by atoms with E-state index in [4.69, 9.17) is 11.6 Å². The number of rotatable bonds is 7. The van der Waals surface area contributed by atoms with E-state index in [1.54, 1.807) is 0 Å². The maximum Gasteiger partial charge on any atom is 0.416 e. The van der Waals surface area contributed by atoms with E-state index in [1.807, 2.05) is 0 Å². The minimum Gasteiger partial charge on any atom is -0.351 e. The van der Waals surface area contributed by atoms with Crippen molar-refractivity contribution >= 4 is 33.2 Å². The zero-order valence-corrected chi connectivity index (χ0v) is 20.5. The number of para-hydroxylation sites is 1. The van der Waals surface area contributed by atoms with Crippen molar-refractivity contribution < 1.29 is 35.2 Å². The third-order valence-corrected chi connectivity index (χ3v) is 6.18. The van der Waals surface area contributed by atoms with Gasteiger partial charge in [0.1, 0.15) is 11.6 Å². The minimum atomic E-state index is -4.64. The van der Waals surface area contributed by atoms with Gasteiger partial charge in [0.25, 0.3) is 0 Å². The second kappa shape index (κ2) is 10.4. The van der Waals surface area contributed by atoms with Gasteiger partial charge in [0.05, 0.1) is 28.4 Å². The number of benzene rings is 3. The number of sulfonamides is 1. The Morgan fingerprint density at radius 2 is 1.72 bits per heavy atom. The molecule has 0 fully saturated rings. The number of nitrogens with one attached hydrogen (secondary N) is 2. The number of carbonyl (C=O) groups is 1. The van der Waals surface area contributed by atoms with Crippen LogP contribution in [-0.2, 0) is 27.5 Å². The minimum absolute atomic E-state index is 0.0656. The van der Waals surface area contributed by atoms with E-state index in [9.17, 15) is 35.2 Å². The fourth-order valence-electron chi connectivity index (χ4n) is 3.51. The molecule has 12 heteroatoms. The number of amides is 1. The van der Waals surface area contributed by atoms with Gasteiger partial charge in [-0.15, -0.1) is 0 Å². The Morgan fingerprint density at radius 3 is 2.33 bits per heavy atom. The topological polar surface area (TPSA) is 75.3 Å². The van der Waals surface area contributed by atoms with E-state index in [2.05, 4.69) is 10.0 Å². The molecule has 1 unspecified atom stereocenters. The van der Waals surface area contributed by atoms with Gasteiger partial charge in [0.15, 0.2) is 0 Å². The highest BCUT2D eigenvalue weighted by Gasteiger charge is 2.31. The van der Waals surface area contributed by atoms with E-state index < -0.39 is 45.2 Å². The van der Waals surface area contributed by atoms with Crippen molar-refractivity contribution in [1.29, 1.82) is 0 Å². The molecule has 192 valence electrons. The van der Waals surface area contributed by atoms with Crippen molar-refractivity contribution in [3.05, 3.63) is 87.9 Å². The molecule has 0 bridgehead atoms. The molecule has 0 radical (unpaired) electrons. The first-order valence-electron chi connectivity index (χ1n) is 10.4. The van der Waals surface area contributed by atoms with E-state index in [0.717, 1.165) is 30.5 Å². The van der Waals surface area contributed by atoms with Crippen molar-refractivity contribution in [3.8, 4) is 11.1 Å². The third kappa shape index (κ3) is 6.52. The van der Waals surface area contributed by atoms with Crippen molar-refractivity contribution in [2.24, 2.45) is 0 Å². The Morgan fingerprint density at radius 1 is 1.03 bits per heavy atom.